The Labute approximate surface area is 113 Å². The van der Waals surface area contributed by atoms with E-state index in [0.29, 0.717) is 6.54 Å². The Morgan fingerprint density at radius 3 is 2.63 bits per heavy atom. The predicted molar refractivity (Wildman–Crippen MR) is 76.5 cm³/mol. The van der Waals surface area contributed by atoms with Gasteiger partial charge in [-0.15, -0.1) is 0 Å². The number of nitrogens with zero attached hydrogens (tertiary/aromatic N) is 3. The van der Waals surface area contributed by atoms with Crippen LogP contribution >= 0.6 is 0 Å². The first-order valence-electron chi connectivity index (χ1n) is 6.53. The van der Waals surface area contributed by atoms with Crippen LogP contribution in [0.3, 0.4) is 0 Å². The molecular weight excluding hydrogens is 242 g/mol. The molecule has 0 bridgehead atoms. The number of pyridine rings is 1. The van der Waals surface area contributed by atoms with Crippen molar-refractivity contribution in [3.63, 3.8) is 0 Å². The van der Waals surface area contributed by atoms with E-state index in [1.54, 1.807) is 13.2 Å². The second-order valence-corrected chi connectivity index (χ2v) is 4.77. The van der Waals surface area contributed by atoms with E-state index in [9.17, 15) is 4.79 Å². The average Bonchev–Trinajstić information content (AvgIpc) is 2.41. The van der Waals surface area contributed by atoms with Crippen molar-refractivity contribution in [1.29, 1.82) is 0 Å². The van der Waals surface area contributed by atoms with Gasteiger partial charge in [0.15, 0.2) is 0 Å². The molecule has 0 radical (unpaired) electrons. The normalized spacial score (nSPS) is 16.4. The zero-order chi connectivity index (χ0) is 13.7. The average molecular weight is 263 g/mol. The van der Waals surface area contributed by atoms with E-state index in [-0.39, 0.29) is 5.91 Å². The number of rotatable bonds is 4. The van der Waals surface area contributed by atoms with Crippen molar-refractivity contribution in [3.05, 3.63) is 18.3 Å². The number of hydrogen-bond donors (Lipinski definition) is 2. The quantitative estimate of drug-likeness (QED) is 0.800. The van der Waals surface area contributed by atoms with Gasteiger partial charge in [0.25, 0.3) is 0 Å². The third-order valence-corrected chi connectivity index (χ3v) is 3.20. The minimum atomic E-state index is -0.0587. The van der Waals surface area contributed by atoms with Crippen LogP contribution in [0.15, 0.2) is 18.3 Å². The molecule has 104 valence electrons. The van der Waals surface area contributed by atoms with Gasteiger partial charge in [-0.1, -0.05) is 0 Å². The van der Waals surface area contributed by atoms with Gasteiger partial charge in [-0.2, -0.15) is 0 Å². The molecule has 2 N–H and O–H groups in total. The zero-order valence-electron chi connectivity index (χ0n) is 11.5. The molecule has 1 aromatic rings. The van der Waals surface area contributed by atoms with E-state index in [4.69, 9.17) is 0 Å². The molecule has 0 unspecified atom stereocenters. The second kappa shape index (κ2) is 6.49. The molecule has 0 aliphatic carbocycles. The minimum Gasteiger partial charge on any atom is -0.354 e. The van der Waals surface area contributed by atoms with Gasteiger partial charge in [-0.25, -0.2) is 4.98 Å². The maximum atomic E-state index is 11.4. The third-order valence-electron chi connectivity index (χ3n) is 3.20. The number of hydrogen-bond acceptors (Lipinski definition) is 5. The molecular formula is C13H21N5O. The Kier molecular flexibility index (Phi) is 4.70. The molecule has 1 saturated heterocycles. The van der Waals surface area contributed by atoms with E-state index in [2.05, 4.69) is 32.5 Å². The first kappa shape index (κ1) is 13.8. The number of anilines is 2. The van der Waals surface area contributed by atoms with Crippen molar-refractivity contribution in [2.45, 2.75) is 0 Å². The summed E-state index contributed by atoms with van der Waals surface area (Å²) in [5.41, 5.74) is 0.734. The number of nitrogens with one attached hydrogen (secondary N) is 2. The van der Waals surface area contributed by atoms with Crippen molar-refractivity contribution in [2.75, 3.05) is 57.0 Å². The summed E-state index contributed by atoms with van der Waals surface area (Å²) >= 11 is 0. The van der Waals surface area contributed by atoms with Crippen molar-refractivity contribution in [3.8, 4) is 0 Å². The highest BCUT2D eigenvalue weighted by Crippen LogP contribution is 2.15. The summed E-state index contributed by atoms with van der Waals surface area (Å²) < 4.78 is 0. The van der Waals surface area contributed by atoms with Crippen molar-refractivity contribution in [1.82, 2.24) is 15.2 Å². The van der Waals surface area contributed by atoms with Crippen LogP contribution in [0.1, 0.15) is 0 Å². The van der Waals surface area contributed by atoms with Crippen molar-refractivity contribution >= 4 is 17.4 Å². The highest BCUT2D eigenvalue weighted by atomic mass is 16.1. The molecule has 1 aliphatic heterocycles. The molecule has 1 aliphatic rings. The molecule has 2 rings (SSSR count). The maximum absolute atomic E-state index is 11.4. The molecule has 0 aromatic carbocycles. The Bertz CT molecular complexity index is 412. The monoisotopic (exact) mass is 263 g/mol. The Morgan fingerprint density at radius 1 is 1.32 bits per heavy atom. The molecule has 0 saturated carbocycles. The number of piperazine rings is 1. The highest BCUT2D eigenvalue weighted by Gasteiger charge is 2.14. The zero-order valence-corrected chi connectivity index (χ0v) is 11.5. The topological polar surface area (TPSA) is 60.5 Å². The fourth-order valence-corrected chi connectivity index (χ4v) is 2.05. The number of aromatic nitrogens is 1. The van der Waals surface area contributed by atoms with Gasteiger partial charge in [0.1, 0.15) is 5.82 Å². The molecule has 1 fully saturated rings. The van der Waals surface area contributed by atoms with E-state index in [0.717, 1.165) is 37.7 Å². The number of likely N-dealkylation sites (N-methyl/N-ethyl adjacent to an activating group) is 2. The smallest absolute Gasteiger partial charge is 0.238 e. The predicted octanol–water partition coefficient (Wildman–Crippen LogP) is -0.00870. The maximum Gasteiger partial charge on any atom is 0.238 e. The summed E-state index contributed by atoms with van der Waals surface area (Å²) in [7, 11) is 3.87. The van der Waals surface area contributed by atoms with E-state index < -0.39 is 0 Å². The SMILES string of the molecule is CNCC(=O)Nc1ccc(N2CCN(C)CC2)nc1. The first-order valence-corrected chi connectivity index (χ1v) is 6.53. The summed E-state index contributed by atoms with van der Waals surface area (Å²) in [5.74, 6) is 0.913. The van der Waals surface area contributed by atoms with Gasteiger partial charge in [-0.3, -0.25) is 4.79 Å². The molecule has 6 heteroatoms. The Morgan fingerprint density at radius 2 is 2.05 bits per heavy atom. The summed E-state index contributed by atoms with van der Waals surface area (Å²) in [4.78, 5) is 20.4. The fraction of sp³-hybridized carbons (Fsp3) is 0.538. The summed E-state index contributed by atoms with van der Waals surface area (Å²) in [6.07, 6.45) is 1.71. The summed E-state index contributed by atoms with van der Waals surface area (Å²) in [5, 5.41) is 5.60. The molecule has 6 nitrogen and oxygen atoms in total. The molecule has 0 atom stereocenters. The van der Waals surface area contributed by atoms with Gasteiger partial charge in [0.05, 0.1) is 18.4 Å². The lowest BCUT2D eigenvalue weighted by Crippen LogP contribution is -2.44. The van der Waals surface area contributed by atoms with Gasteiger partial charge >= 0.3 is 0 Å². The molecule has 1 amide bonds. The van der Waals surface area contributed by atoms with Crippen LogP contribution in [0.5, 0.6) is 0 Å². The molecule has 2 heterocycles. The van der Waals surface area contributed by atoms with E-state index in [1.165, 1.54) is 0 Å². The highest BCUT2D eigenvalue weighted by molar-refractivity contribution is 5.92. The van der Waals surface area contributed by atoms with Gasteiger partial charge in [0.2, 0.25) is 5.91 Å². The van der Waals surface area contributed by atoms with Crippen LogP contribution in [0.25, 0.3) is 0 Å². The molecule has 1 aromatic heterocycles. The fourth-order valence-electron chi connectivity index (χ4n) is 2.05. The van der Waals surface area contributed by atoms with Crippen LogP contribution in [0.4, 0.5) is 11.5 Å². The molecule has 19 heavy (non-hydrogen) atoms. The van der Waals surface area contributed by atoms with Crippen LogP contribution in [-0.2, 0) is 4.79 Å². The Hall–Kier alpha value is -1.66. The van der Waals surface area contributed by atoms with Crippen molar-refractivity contribution < 1.29 is 4.79 Å². The van der Waals surface area contributed by atoms with Gasteiger partial charge < -0.3 is 20.4 Å². The number of carbonyl (C=O) groups excluding carboxylic acids is 1. The largest absolute Gasteiger partial charge is 0.354 e. The van der Waals surface area contributed by atoms with Crippen LogP contribution in [0, 0.1) is 0 Å². The lowest BCUT2D eigenvalue weighted by atomic mass is 10.3. The number of amides is 1. The number of carbonyl (C=O) groups is 1. The van der Waals surface area contributed by atoms with E-state index >= 15 is 0 Å². The third kappa shape index (κ3) is 3.90. The van der Waals surface area contributed by atoms with Crippen molar-refractivity contribution in [2.24, 2.45) is 0 Å². The lowest BCUT2D eigenvalue weighted by Gasteiger charge is -2.33. The minimum absolute atomic E-state index is 0.0587. The van der Waals surface area contributed by atoms with Crippen LogP contribution in [0.2, 0.25) is 0 Å². The van der Waals surface area contributed by atoms with Gasteiger partial charge in [-0.05, 0) is 26.2 Å². The second-order valence-electron chi connectivity index (χ2n) is 4.77. The van der Waals surface area contributed by atoms with Crippen LogP contribution in [-0.4, -0.2) is 62.6 Å². The lowest BCUT2D eigenvalue weighted by molar-refractivity contribution is -0.115. The van der Waals surface area contributed by atoms with Crippen LogP contribution < -0.4 is 15.5 Å². The first-order chi connectivity index (χ1) is 9.19. The van der Waals surface area contributed by atoms with Gasteiger partial charge in [0, 0.05) is 26.2 Å². The Balaban J connectivity index is 1.92. The van der Waals surface area contributed by atoms with E-state index in [1.807, 2.05) is 12.1 Å². The molecule has 0 spiro atoms. The summed E-state index contributed by atoms with van der Waals surface area (Å²) in [6, 6.07) is 3.86. The standard InChI is InChI=1S/C13H21N5O/c1-14-10-13(19)16-11-3-4-12(15-9-11)18-7-5-17(2)6-8-18/h3-4,9,14H,5-8,10H2,1-2H3,(H,16,19). The summed E-state index contributed by atoms with van der Waals surface area (Å²) in [6.45, 7) is 4.41.